The van der Waals surface area contributed by atoms with Gasteiger partial charge in [-0.05, 0) is 74.3 Å². The van der Waals surface area contributed by atoms with Gasteiger partial charge in [-0.15, -0.1) is 0 Å². The number of aliphatic hydroxyl groups is 1. The van der Waals surface area contributed by atoms with Crippen molar-refractivity contribution >= 4 is 5.97 Å². The molecule has 3 nitrogen and oxygen atoms in total. The second-order valence-corrected chi connectivity index (χ2v) is 8.65. The predicted molar refractivity (Wildman–Crippen MR) is 115 cm³/mol. The van der Waals surface area contributed by atoms with Crippen molar-refractivity contribution in [1.82, 2.24) is 0 Å². The molecule has 1 saturated carbocycles. The van der Waals surface area contributed by atoms with Crippen LogP contribution in [0.3, 0.4) is 0 Å². The fourth-order valence-electron chi connectivity index (χ4n) is 4.49. The van der Waals surface area contributed by atoms with Crippen LogP contribution >= 0.6 is 0 Å². The Morgan fingerprint density at radius 1 is 1.20 bits per heavy atom. The molecule has 1 aliphatic carbocycles. The van der Waals surface area contributed by atoms with Gasteiger partial charge < -0.3 is 9.84 Å². The Bertz CT molecular complexity index is 709. The lowest BCUT2D eigenvalue weighted by Gasteiger charge is -2.29. The summed E-state index contributed by atoms with van der Waals surface area (Å²) in [6, 6.07) is 3.37. The number of halogens is 2. The number of ether oxygens (including phenoxy) is 1. The molecule has 1 unspecified atom stereocenters. The van der Waals surface area contributed by atoms with Crippen molar-refractivity contribution in [2.24, 2.45) is 5.92 Å². The van der Waals surface area contributed by atoms with Gasteiger partial charge >= 0.3 is 5.97 Å². The second-order valence-electron chi connectivity index (χ2n) is 8.65. The van der Waals surface area contributed by atoms with Crippen LogP contribution in [0.5, 0.6) is 0 Å². The maximum Gasteiger partial charge on any atom is 0.333 e. The number of benzene rings is 1. The Balaban J connectivity index is 2.06. The molecule has 0 saturated heterocycles. The standard InChI is InChI=1S/C25H36F2O3/c1-4-5-6-18-7-9-19(10-8-18)21-11-12-22(24(27)23(21)26)20(13-15-28)14-16-30-25(29)17(2)3/h11-12,18-20,28H,2,4-10,13-16H2,1,3H3. The van der Waals surface area contributed by atoms with Crippen molar-refractivity contribution in [3.05, 3.63) is 47.0 Å². The molecule has 30 heavy (non-hydrogen) atoms. The highest BCUT2D eigenvalue weighted by molar-refractivity contribution is 5.86. The SMILES string of the molecule is C=C(C)C(=O)OCCC(CCO)c1ccc(C2CCC(CCCC)CC2)c(F)c1F. The molecule has 1 aliphatic rings. The van der Waals surface area contributed by atoms with Crippen LogP contribution in [-0.4, -0.2) is 24.3 Å². The normalized spacial score (nSPS) is 20.0. The van der Waals surface area contributed by atoms with E-state index in [9.17, 15) is 18.7 Å². The van der Waals surface area contributed by atoms with Gasteiger partial charge in [-0.1, -0.05) is 44.9 Å². The highest BCUT2D eigenvalue weighted by Gasteiger charge is 2.27. The molecule has 0 bridgehead atoms. The molecule has 2 rings (SSSR count). The molecule has 1 aromatic carbocycles. The molecule has 0 amide bonds. The van der Waals surface area contributed by atoms with Crippen LogP contribution < -0.4 is 0 Å². The lowest BCUT2D eigenvalue weighted by molar-refractivity contribution is -0.139. The third-order valence-electron chi connectivity index (χ3n) is 6.36. The van der Waals surface area contributed by atoms with Crippen molar-refractivity contribution in [1.29, 1.82) is 0 Å². The molecule has 168 valence electrons. The first kappa shape index (κ1) is 24.5. The van der Waals surface area contributed by atoms with E-state index in [4.69, 9.17) is 4.74 Å². The zero-order valence-electron chi connectivity index (χ0n) is 18.4. The monoisotopic (exact) mass is 422 g/mol. The summed E-state index contributed by atoms with van der Waals surface area (Å²) in [5.41, 5.74) is 1.01. The largest absolute Gasteiger partial charge is 0.462 e. The van der Waals surface area contributed by atoms with Gasteiger partial charge in [0.1, 0.15) is 0 Å². The fraction of sp³-hybridized carbons (Fsp3) is 0.640. The number of esters is 1. The summed E-state index contributed by atoms with van der Waals surface area (Å²) in [7, 11) is 0. The first-order valence-electron chi connectivity index (χ1n) is 11.3. The molecule has 0 aliphatic heterocycles. The third-order valence-corrected chi connectivity index (χ3v) is 6.36. The topological polar surface area (TPSA) is 46.5 Å². The molecule has 1 aromatic rings. The van der Waals surface area contributed by atoms with Crippen LogP contribution in [0, 0.1) is 17.6 Å². The predicted octanol–water partition coefficient (Wildman–Crippen LogP) is 6.40. The van der Waals surface area contributed by atoms with E-state index in [1.807, 2.05) is 0 Å². The van der Waals surface area contributed by atoms with Crippen LogP contribution in [0.15, 0.2) is 24.3 Å². The van der Waals surface area contributed by atoms with Crippen LogP contribution in [0.2, 0.25) is 0 Å². The van der Waals surface area contributed by atoms with Crippen molar-refractivity contribution in [3.63, 3.8) is 0 Å². The fourth-order valence-corrected chi connectivity index (χ4v) is 4.49. The average Bonchev–Trinajstić information content (AvgIpc) is 2.74. The lowest BCUT2D eigenvalue weighted by Crippen LogP contribution is -2.16. The molecule has 0 heterocycles. The smallest absolute Gasteiger partial charge is 0.333 e. The van der Waals surface area contributed by atoms with Gasteiger partial charge in [0.25, 0.3) is 0 Å². The van der Waals surface area contributed by atoms with Crippen LogP contribution in [0.4, 0.5) is 8.78 Å². The van der Waals surface area contributed by atoms with Crippen molar-refractivity contribution in [2.75, 3.05) is 13.2 Å². The number of carbonyl (C=O) groups is 1. The van der Waals surface area contributed by atoms with Gasteiger partial charge in [0.15, 0.2) is 11.6 Å². The average molecular weight is 423 g/mol. The van der Waals surface area contributed by atoms with Gasteiger partial charge in [0.05, 0.1) is 6.61 Å². The van der Waals surface area contributed by atoms with Crippen LogP contribution in [-0.2, 0) is 9.53 Å². The Labute approximate surface area is 179 Å². The Hall–Kier alpha value is -1.75. The van der Waals surface area contributed by atoms with Gasteiger partial charge in [-0.2, -0.15) is 0 Å². The molecule has 0 aromatic heterocycles. The highest BCUT2D eigenvalue weighted by atomic mass is 19.2. The molecule has 0 radical (unpaired) electrons. The van der Waals surface area contributed by atoms with Crippen LogP contribution in [0.1, 0.15) is 94.6 Å². The minimum absolute atomic E-state index is 0.0687. The number of carbonyl (C=O) groups excluding carboxylic acids is 1. The summed E-state index contributed by atoms with van der Waals surface area (Å²) >= 11 is 0. The van der Waals surface area contributed by atoms with Gasteiger partial charge in [-0.25, -0.2) is 13.6 Å². The van der Waals surface area contributed by atoms with Crippen molar-refractivity contribution in [2.45, 2.75) is 83.5 Å². The Morgan fingerprint density at radius 2 is 1.90 bits per heavy atom. The molecule has 1 atom stereocenters. The minimum Gasteiger partial charge on any atom is -0.462 e. The van der Waals surface area contributed by atoms with Gasteiger partial charge in [0, 0.05) is 12.2 Å². The summed E-state index contributed by atoms with van der Waals surface area (Å²) in [6.07, 6.45) is 8.23. The summed E-state index contributed by atoms with van der Waals surface area (Å²) in [6.45, 7) is 7.19. The quantitative estimate of drug-likeness (QED) is 0.331. The van der Waals surface area contributed by atoms with Crippen molar-refractivity contribution in [3.8, 4) is 0 Å². The minimum atomic E-state index is -0.828. The Kier molecular flexibility index (Phi) is 9.96. The number of rotatable bonds is 11. The van der Waals surface area contributed by atoms with Gasteiger partial charge in [0.2, 0.25) is 0 Å². The van der Waals surface area contributed by atoms with E-state index in [0.717, 1.165) is 25.7 Å². The van der Waals surface area contributed by atoms with E-state index in [1.165, 1.54) is 19.3 Å². The molecule has 1 fully saturated rings. The Morgan fingerprint density at radius 3 is 2.50 bits per heavy atom. The summed E-state index contributed by atoms with van der Waals surface area (Å²) in [4.78, 5) is 11.5. The van der Waals surface area contributed by atoms with E-state index < -0.39 is 23.5 Å². The summed E-state index contributed by atoms with van der Waals surface area (Å²) in [5.74, 6) is -1.73. The van der Waals surface area contributed by atoms with E-state index in [2.05, 4.69) is 13.5 Å². The van der Waals surface area contributed by atoms with E-state index in [0.29, 0.717) is 23.5 Å². The van der Waals surface area contributed by atoms with Gasteiger partial charge in [-0.3, -0.25) is 0 Å². The number of hydrogen-bond acceptors (Lipinski definition) is 3. The third kappa shape index (κ3) is 6.63. The number of aliphatic hydroxyl groups excluding tert-OH is 1. The second kappa shape index (κ2) is 12.2. The molecule has 5 heteroatoms. The zero-order valence-corrected chi connectivity index (χ0v) is 18.4. The summed E-state index contributed by atoms with van der Waals surface area (Å²) < 4.78 is 35.0. The highest BCUT2D eigenvalue weighted by Crippen LogP contribution is 2.40. The number of hydrogen-bond donors (Lipinski definition) is 1. The van der Waals surface area contributed by atoms with Crippen LogP contribution in [0.25, 0.3) is 0 Å². The maximum absolute atomic E-state index is 15.0. The molecular formula is C25H36F2O3. The molecule has 0 spiro atoms. The number of unbranched alkanes of at least 4 members (excludes halogenated alkanes) is 1. The first-order valence-corrected chi connectivity index (χ1v) is 11.3. The zero-order chi connectivity index (χ0) is 22.1. The van der Waals surface area contributed by atoms with E-state index >= 15 is 0 Å². The molecule has 1 N–H and O–H groups in total. The van der Waals surface area contributed by atoms with Crippen molar-refractivity contribution < 1.29 is 23.4 Å². The molecular weight excluding hydrogens is 386 g/mol. The van der Waals surface area contributed by atoms with E-state index in [-0.39, 0.29) is 31.1 Å². The first-order chi connectivity index (χ1) is 14.4. The van der Waals surface area contributed by atoms with E-state index in [1.54, 1.807) is 19.1 Å². The maximum atomic E-state index is 15.0. The summed E-state index contributed by atoms with van der Waals surface area (Å²) in [5, 5.41) is 9.36. The lowest BCUT2D eigenvalue weighted by atomic mass is 9.76.